The van der Waals surface area contributed by atoms with Gasteiger partial charge in [0, 0.05) is 4.47 Å². The molecule has 0 heterocycles. The largest absolute Gasteiger partial charge is 0.497 e. The molecule has 3 atom stereocenters. The van der Waals surface area contributed by atoms with Gasteiger partial charge in [0.1, 0.15) is 5.75 Å². The summed E-state index contributed by atoms with van der Waals surface area (Å²) >= 11 is 3.56. The van der Waals surface area contributed by atoms with Gasteiger partial charge in [-0.1, -0.05) is 35.7 Å². The number of benzene rings is 1. The quantitative estimate of drug-likeness (QED) is 0.899. The number of hydrogen-bond donors (Lipinski definition) is 1. The Morgan fingerprint density at radius 2 is 2.21 bits per heavy atom. The Bertz CT molecular complexity index is 419. The van der Waals surface area contributed by atoms with Gasteiger partial charge >= 0.3 is 0 Å². The van der Waals surface area contributed by atoms with Crippen LogP contribution in [-0.2, 0) is 6.42 Å². The highest BCUT2D eigenvalue weighted by molar-refractivity contribution is 9.10. The monoisotopic (exact) mass is 326 g/mol. The molecular weight excluding hydrogens is 304 g/mol. The van der Waals surface area contributed by atoms with E-state index in [4.69, 9.17) is 4.74 Å². The number of methoxy groups -OCH3 is 1. The summed E-state index contributed by atoms with van der Waals surface area (Å²) in [6.07, 6.45) is 5.34. The number of rotatable bonds is 4. The van der Waals surface area contributed by atoms with Crippen molar-refractivity contribution in [3.63, 3.8) is 0 Å². The first-order chi connectivity index (χ1) is 9.10. The van der Waals surface area contributed by atoms with Crippen molar-refractivity contribution in [2.45, 2.75) is 45.1 Å². The van der Waals surface area contributed by atoms with E-state index in [2.05, 4.69) is 22.9 Å². The Balaban J connectivity index is 2.03. The van der Waals surface area contributed by atoms with E-state index >= 15 is 0 Å². The third-order valence-corrected chi connectivity index (χ3v) is 4.98. The highest BCUT2D eigenvalue weighted by atomic mass is 79.9. The lowest BCUT2D eigenvalue weighted by molar-refractivity contribution is 0.0718. The van der Waals surface area contributed by atoms with E-state index < -0.39 is 0 Å². The Kier molecular flexibility index (Phi) is 5.28. The van der Waals surface area contributed by atoms with Crippen LogP contribution in [0.15, 0.2) is 22.7 Å². The Labute approximate surface area is 124 Å². The molecule has 1 aliphatic rings. The summed E-state index contributed by atoms with van der Waals surface area (Å²) in [5.74, 6) is 2.05. The maximum absolute atomic E-state index is 10.5. The van der Waals surface area contributed by atoms with Crippen molar-refractivity contribution in [1.29, 1.82) is 0 Å². The van der Waals surface area contributed by atoms with Gasteiger partial charge in [-0.05, 0) is 54.9 Å². The standard InChI is InChI=1S/C16H23BrO2/c1-11-4-3-5-12(8-11)16(18)10-13-9-14(19-2)6-7-15(13)17/h6-7,9,11-12,16,18H,3-5,8,10H2,1-2H3. The molecule has 106 valence electrons. The third kappa shape index (κ3) is 3.96. The second kappa shape index (κ2) is 6.76. The molecule has 0 saturated heterocycles. The molecule has 1 fully saturated rings. The maximum atomic E-state index is 10.5. The van der Waals surface area contributed by atoms with Gasteiger partial charge in [-0.25, -0.2) is 0 Å². The zero-order chi connectivity index (χ0) is 13.8. The van der Waals surface area contributed by atoms with Crippen LogP contribution in [0.3, 0.4) is 0 Å². The second-order valence-corrected chi connectivity index (χ2v) is 6.62. The van der Waals surface area contributed by atoms with E-state index in [1.165, 1.54) is 12.8 Å². The van der Waals surface area contributed by atoms with Crippen LogP contribution in [-0.4, -0.2) is 18.3 Å². The topological polar surface area (TPSA) is 29.5 Å². The van der Waals surface area contributed by atoms with Crippen molar-refractivity contribution in [3.8, 4) is 5.75 Å². The minimum Gasteiger partial charge on any atom is -0.497 e. The average Bonchev–Trinajstić information content (AvgIpc) is 2.41. The van der Waals surface area contributed by atoms with E-state index in [0.29, 0.717) is 12.3 Å². The van der Waals surface area contributed by atoms with Gasteiger partial charge in [0.05, 0.1) is 13.2 Å². The van der Waals surface area contributed by atoms with E-state index in [1.54, 1.807) is 7.11 Å². The smallest absolute Gasteiger partial charge is 0.119 e. The molecule has 0 spiro atoms. The van der Waals surface area contributed by atoms with Crippen molar-refractivity contribution in [3.05, 3.63) is 28.2 Å². The predicted molar refractivity (Wildman–Crippen MR) is 81.5 cm³/mol. The summed E-state index contributed by atoms with van der Waals surface area (Å²) in [6, 6.07) is 5.94. The van der Waals surface area contributed by atoms with E-state index in [9.17, 15) is 5.11 Å². The molecule has 2 rings (SSSR count). The summed E-state index contributed by atoms with van der Waals surface area (Å²) in [5, 5.41) is 10.5. The molecule has 1 aromatic rings. The van der Waals surface area contributed by atoms with Crippen LogP contribution < -0.4 is 4.74 Å². The Hall–Kier alpha value is -0.540. The maximum Gasteiger partial charge on any atom is 0.119 e. The molecule has 2 nitrogen and oxygen atoms in total. The summed E-state index contributed by atoms with van der Waals surface area (Å²) in [5.41, 5.74) is 1.13. The lowest BCUT2D eigenvalue weighted by atomic mass is 9.78. The Morgan fingerprint density at radius 3 is 2.89 bits per heavy atom. The van der Waals surface area contributed by atoms with E-state index in [0.717, 1.165) is 34.5 Å². The van der Waals surface area contributed by atoms with Gasteiger partial charge in [0.25, 0.3) is 0 Å². The first kappa shape index (κ1) is 14.9. The molecule has 1 aliphatic carbocycles. The molecule has 3 heteroatoms. The second-order valence-electron chi connectivity index (χ2n) is 5.76. The molecule has 1 N–H and O–H groups in total. The van der Waals surface area contributed by atoms with Crippen molar-refractivity contribution in [2.75, 3.05) is 7.11 Å². The molecule has 0 amide bonds. The van der Waals surface area contributed by atoms with Gasteiger partial charge in [-0.3, -0.25) is 0 Å². The van der Waals surface area contributed by atoms with E-state index in [1.807, 2.05) is 18.2 Å². The molecule has 3 unspecified atom stereocenters. The molecule has 1 aromatic carbocycles. The van der Waals surface area contributed by atoms with Gasteiger partial charge in [-0.2, -0.15) is 0 Å². The highest BCUT2D eigenvalue weighted by Gasteiger charge is 2.25. The highest BCUT2D eigenvalue weighted by Crippen LogP contribution is 2.33. The van der Waals surface area contributed by atoms with Crippen molar-refractivity contribution in [2.24, 2.45) is 11.8 Å². The van der Waals surface area contributed by atoms with Gasteiger partial charge in [0.15, 0.2) is 0 Å². The molecule has 0 aliphatic heterocycles. The first-order valence-corrected chi connectivity index (χ1v) is 7.90. The predicted octanol–water partition coefficient (Wildman–Crippen LogP) is 4.19. The normalized spacial score (nSPS) is 25.1. The minimum atomic E-state index is -0.244. The lowest BCUT2D eigenvalue weighted by Gasteiger charge is -2.30. The van der Waals surface area contributed by atoms with Gasteiger partial charge in [-0.15, -0.1) is 0 Å². The van der Waals surface area contributed by atoms with Crippen LogP contribution in [0.1, 0.15) is 38.2 Å². The molecule has 0 bridgehead atoms. The van der Waals surface area contributed by atoms with Crippen LogP contribution in [0, 0.1) is 11.8 Å². The van der Waals surface area contributed by atoms with Crippen molar-refractivity contribution < 1.29 is 9.84 Å². The molecule has 1 saturated carbocycles. The summed E-state index contributed by atoms with van der Waals surface area (Å²) in [7, 11) is 1.67. The molecule has 0 radical (unpaired) electrons. The van der Waals surface area contributed by atoms with Crippen LogP contribution in [0.2, 0.25) is 0 Å². The zero-order valence-corrected chi connectivity index (χ0v) is 13.3. The fourth-order valence-corrected chi connectivity index (χ4v) is 3.47. The number of ether oxygens (including phenoxy) is 1. The number of aliphatic hydroxyl groups is 1. The Morgan fingerprint density at radius 1 is 1.42 bits per heavy atom. The average molecular weight is 327 g/mol. The van der Waals surface area contributed by atoms with Crippen LogP contribution in [0.5, 0.6) is 5.75 Å². The van der Waals surface area contributed by atoms with Crippen LogP contribution >= 0.6 is 15.9 Å². The zero-order valence-electron chi connectivity index (χ0n) is 11.7. The fourth-order valence-electron chi connectivity index (χ4n) is 3.06. The SMILES string of the molecule is COc1ccc(Br)c(CC(O)C2CCCC(C)C2)c1. The minimum absolute atomic E-state index is 0.244. The lowest BCUT2D eigenvalue weighted by Crippen LogP contribution is -2.27. The molecule has 19 heavy (non-hydrogen) atoms. The van der Waals surface area contributed by atoms with Gasteiger partial charge in [0.2, 0.25) is 0 Å². The van der Waals surface area contributed by atoms with Crippen LogP contribution in [0.25, 0.3) is 0 Å². The van der Waals surface area contributed by atoms with E-state index in [-0.39, 0.29) is 6.10 Å². The number of hydrogen-bond acceptors (Lipinski definition) is 2. The summed E-state index contributed by atoms with van der Waals surface area (Å²) in [4.78, 5) is 0. The fraction of sp³-hybridized carbons (Fsp3) is 0.625. The number of halogens is 1. The van der Waals surface area contributed by atoms with Crippen molar-refractivity contribution in [1.82, 2.24) is 0 Å². The van der Waals surface area contributed by atoms with Crippen LogP contribution in [0.4, 0.5) is 0 Å². The van der Waals surface area contributed by atoms with Crippen molar-refractivity contribution >= 4 is 15.9 Å². The molecular formula is C16H23BrO2. The molecule has 0 aromatic heterocycles. The number of aliphatic hydroxyl groups excluding tert-OH is 1. The van der Waals surface area contributed by atoms with Gasteiger partial charge < -0.3 is 9.84 Å². The summed E-state index contributed by atoms with van der Waals surface area (Å²) < 4.78 is 6.30. The first-order valence-electron chi connectivity index (χ1n) is 7.10. The third-order valence-electron chi connectivity index (χ3n) is 4.20. The summed E-state index contributed by atoms with van der Waals surface area (Å²) in [6.45, 7) is 2.29.